The topological polar surface area (TPSA) is 61.8 Å². The molecule has 0 aliphatic carbocycles. The molecule has 0 N–H and O–H groups in total. The van der Waals surface area contributed by atoms with Gasteiger partial charge in [0.15, 0.2) is 6.10 Å². The molecule has 0 saturated heterocycles. The predicted octanol–water partition coefficient (Wildman–Crippen LogP) is 3.56. The van der Waals surface area contributed by atoms with E-state index in [2.05, 4.69) is 4.74 Å². The average Bonchev–Trinajstić information content (AvgIpc) is 2.77. The fourth-order valence-electron chi connectivity index (χ4n) is 2.67. The molecule has 1 atom stereocenters. The van der Waals surface area contributed by atoms with E-state index in [0.29, 0.717) is 11.1 Å². The van der Waals surface area contributed by atoms with E-state index in [1.54, 1.807) is 24.3 Å². The SMILES string of the molecule is COC(=O)c1ccc2c(c1)C(OC(=O)C(F)(F)F)c1ccccc1CO2. The lowest BCUT2D eigenvalue weighted by Crippen LogP contribution is -2.27. The van der Waals surface area contributed by atoms with Crippen LogP contribution in [-0.4, -0.2) is 25.2 Å². The predicted molar refractivity (Wildman–Crippen MR) is 82.5 cm³/mol. The third-order valence-electron chi connectivity index (χ3n) is 3.89. The minimum Gasteiger partial charge on any atom is -0.488 e. The summed E-state index contributed by atoms with van der Waals surface area (Å²) in [5.74, 6) is -2.78. The van der Waals surface area contributed by atoms with Gasteiger partial charge in [0, 0.05) is 11.1 Å². The molecule has 0 amide bonds. The van der Waals surface area contributed by atoms with Gasteiger partial charge in [0.2, 0.25) is 0 Å². The van der Waals surface area contributed by atoms with Crippen LogP contribution in [0.1, 0.15) is 33.2 Å². The van der Waals surface area contributed by atoms with E-state index in [0.717, 1.165) is 0 Å². The highest BCUT2D eigenvalue weighted by Crippen LogP contribution is 2.39. The van der Waals surface area contributed by atoms with Crippen molar-refractivity contribution in [3.8, 4) is 5.75 Å². The summed E-state index contributed by atoms with van der Waals surface area (Å²) in [4.78, 5) is 23.2. The molecular weight excluding hydrogens is 353 g/mol. The molecule has 0 radical (unpaired) electrons. The Labute approximate surface area is 146 Å². The number of carbonyl (C=O) groups excluding carboxylic acids is 2. The number of carbonyl (C=O) groups is 2. The zero-order chi connectivity index (χ0) is 18.9. The van der Waals surface area contributed by atoms with Crippen LogP contribution in [0.4, 0.5) is 13.2 Å². The van der Waals surface area contributed by atoms with Gasteiger partial charge < -0.3 is 14.2 Å². The van der Waals surface area contributed by atoms with Crippen LogP contribution in [-0.2, 0) is 20.9 Å². The van der Waals surface area contributed by atoms with Crippen molar-refractivity contribution in [3.63, 3.8) is 0 Å². The molecule has 1 aliphatic rings. The van der Waals surface area contributed by atoms with Crippen molar-refractivity contribution in [1.82, 2.24) is 0 Å². The van der Waals surface area contributed by atoms with E-state index in [-0.39, 0.29) is 23.5 Å². The third-order valence-corrected chi connectivity index (χ3v) is 3.89. The Bertz CT molecular complexity index is 860. The van der Waals surface area contributed by atoms with E-state index in [1.807, 2.05) is 0 Å². The van der Waals surface area contributed by atoms with Crippen molar-refractivity contribution in [2.45, 2.75) is 18.9 Å². The van der Waals surface area contributed by atoms with Crippen molar-refractivity contribution in [3.05, 3.63) is 64.7 Å². The maximum Gasteiger partial charge on any atom is 0.490 e. The first-order chi connectivity index (χ1) is 12.3. The Kier molecular flexibility index (Phi) is 4.58. The van der Waals surface area contributed by atoms with E-state index in [9.17, 15) is 22.8 Å². The Morgan fingerprint density at radius 3 is 2.54 bits per heavy atom. The van der Waals surface area contributed by atoms with Crippen molar-refractivity contribution >= 4 is 11.9 Å². The number of alkyl halides is 3. The largest absolute Gasteiger partial charge is 0.490 e. The molecular formula is C18H13F3O5. The second-order valence-corrected chi connectivity index (χ2v) is 5.51. The van der Waals surface area contributed by atoms with E-state index in [4.69, 9.17) is 9.47 Å². The molecule has 2 aromatic rings. The maximum atomic E-state index is 12.7. The van der Waals surface area contributed by atoms with Gasteiger partial charge >= 0.3 is 18.1 Å². The Balaban J connectivity index is 2.13. The van der Waals surface area contributed by atoms with Crippen molar-refractivity contribution in [2.75, 3.05) is 7.11 Å². The van der Waals surface area contributed by atoms with Crippen LogP contribution in [0, 0.1) is 0 Å². The molecule has 136 valence electrons. The first-order valence-electron chi connectivity index (χ1n) is 7.52. The Hall–Kier alpha value is -3.03. The molecule has 0 spiro atoms. The van der Waals surface area contributed by atoms with Gasteiger partial charge in [-0.15, -0.1) is 0 Å². The molecule has 1 unspecified atom stereocenters. The summed E-state index contributed by atoms with van der Waals surface area (Å²) in [6.45, 7) is 0.0841. The molecule has 0 aromatic heterocycles. The summed E-state index contributed by atoms with van der Waals surface area (Å²) < 4.78 is 53.2. The molecule has 2 aromatic carbocycles. The normalized spacial score (nSPS) is 15.8. The summed E-state index contributed by atoms with van der Waals surface area (Å²) in [6.07, 6.45) is -6.52. The van der Waals surface area contributed by atoms with Gasteiger partial charge in [0.25, 0.3) is 0 Å². The van der Waals surface area contributed by atoms with Gasteiger partial charge in [0.05, 0.1) is 12.7 Å². The monoisotopic (exact) mass is 366 g/mol. The lowest BCUT2D eigenvalue weighted by molar-refractivity contribution is -0.203. The van der Waals surface area contributed by atoms with Gasteiger partial charge in [0.1, 0.15) is 12.4 Å². The van der Waals surface area contributed by atoms with Crippen molar-refractivity contribution < 1.29 is 37.0 Å². The summed E-state index contributed by atoms with van der Waals surface area (Å²) in [6, 6.07) is 10.7. The maximum absolute atomic E-state index is 12.7. The first kappa shape index (κ1) is 17.8. The van der Waals surface area contributed by atoms with Crippen LogP contribution in [0.5, 0.6) is 5.75 Å². The highest BCUT2D eigenvalue weighted by Gasteiger charge is 2.43. The minimum absolute atomic E-state index is 0.0841. The number of benzene rings is 2. The van der Waals surface area contributed by atoms with Crippen molar-refractivity contribution in [2.24, 2.45) is 0 Å². The molecule has 26 heavy (non-hydrogen) atoms. The fourth-order valence-corrected chi connectivity index (χ4v) is 2.67. The van der Waals surface area contributed by atoms with E-state index >= 15 is 0 Å². The second kappa shape index (κ2) is 6.70. The average molecular weight is 366 g/mol. The molecule has 1 aliphatic heterocycles. The first-order valence-corrected chi connectivity index (χ1v) is 7.52. The number of esters is 2. The van der Waals surface area contributed by atoms with Crippen molar-refractivity contribution in [1.29, 1.82) is 0 Å². The minimum atomic E-state index is -5.15. The van der Waals surface area contributed by atoms with Gasteiger partial charge in [-0.05, 0) is 23.8 Å². The van der Waals surface area contributed by atoms with Crippen LogP contribution in [0.2, 0.25) is 0 Å². The van der Waals surface area contributed by atoms with Crippen LogP contribution >= 0.6 is 0 Å². The lowest BCUT2D eigenvalue weighted by atomic mass is 9.96. The smallest absolute Gasteiger partial charge is 0.488 e. The molecule has 3 rings (SSSR count). The van der Waals surface area contributed by atoms with Crippen LogP contribution < -0.4 is 4.74 Å². The highest BCUT2D eigenvalue weighted by molar-refractivity contribution is 5.90. The molecule has 0 bridgehead atoms. The van der Waals surface area contributed by atoms with Gasteiger partial charge in [-0.3, -0.25) is 0 Å². The highest BCUT2D eigenvalue weighted by atomic mass is 19.4. The Morgan fingerprint density at radius 2 is 1.85 bits per heavy atom. The second-order valence-electron chi connectivity index (χ2n) is 5.51. The number of ether oxygens (including phenoxy) is 3. The number of hydrogen-bond donors (Lipinski definition) is 0. The number of halogens is 3. The summed E-state index contributed by atoms with van der Waals surface area (Å²) >= 11 is 0. The Morgan fingerprint density at radius 1 is 1.12 bits per heavy atom. The quantitative estimate of drug-likeness (QED) is 0.761. The summed E-state index contributed by atoms with van der Waals surface area (Å²) in [7, 11) is 1.18. The van der Waals surface area contributed by atoms with Crippen LogP contribution in [0.3, 0.4) is 0 Å². The zero-order valence-corrected chi connectivity index (χ0v) is 13.5. The molecule has 1 heterocycles. The van der Waals surface area contributed by atoms with Gasteiger partial charge in [-0.25, -0.2) is 9.59 Å². The summed E-state index contributed by atoms with van der Waals surface area (Å²) in [5, 5.41) is 0. The molecule has 0 fully saturated rings. The number of methoxy groups -OCH3 is 1. The molecule has 0 saturated carbocycles. The fraction of sp³-hybridized carbons (Fsp3) is 0.222. The standard InChI is InChI=1S/C18H13F3O5/c1-24-16(22)10-6-7-14-13(8-10)15(26-17(23)18(19,20)21)12-5-3-2-4-11(12)9-25-14/h2-8,15H,9H2,1H3. The molecule has 5 nitrogen and oxygen atoms in total. The van der Waals surface area contributed by atoms with E-state index in [1.165, 1.54) is 25.3 Å². The lowest BCUT2D eigenvalue weighted by Gasteiger charge is -2.20. The number of rotatable bonds is 2. The van der Waals surface area contributed by atoms with Gasteiger partial charge in [-0.1, -0.05) is 24.3 Å². The van der Waals surface area contributed by atoms with Crippen LogP contribution in [0.25, 0.3) is 0 Å². The molecule has 8 heteroatoms. The zero-order valence-electron chi connectivity index (χ0n) is 13.5. The third kappa shape index (κ3) is 3.35. The summed E-state index contributed by atoms with van der Waals surface area (Å²) in [5.41, 5.74) is 1.16. The number of fused-ring (bicyclic) bond motifs is 2. The van der Waals surface area contributed by atoms with E-state index < -0.39 is 24.2 Å². The van der Waals surface area contributed by atoms with Gasteiger partial charge in [-0.2, -0.15) is 13.2 Å². The number of hydrogen-bond acceptors (Lipinski definition) is 5. The van der Waals surface area contributed by atoms with Crippen LogP contribution in [0.15, 0.2) is 42.5 Å².